The Morgan fingerprint density at radius 3 is 2.61 bits per heavy atom. The summed E-state index contributed by atoms with van der Waals surface area (Å²) in [7, 11) is 0. The molecule has 0 amide bonds. The zero-order valence-corrected chi connectivity index (χ0v) is 13.8. The van der Waals surface area contributed by atoms with Crippen molar-refractivity contribution in [3.05, 3.63) is 21.7 Å². The number of rotatable bonds is 3. The first-order chi connectivity index (χ1) is 8.47. The first kappa shape index (κ1) is 14.4. The molecule has 0 spiro atoms. The molecule has 1 fully saturated rings. The van der Waals surface area contributed by atoms with Gasteiger partial charge in [0.1, 0.15) is 5.76 Å². The molecule has 1 aromatic heterocycles. The van der Waals surface area contributed by atoms with Gasteiger partial charge in [0.05, 0.1) is 6.54 Å². The van der Waals surface area contributed by atoms with Gasteiger partial charge in [0.25, 0.3) is 0 Å². The number of halogens is 1. The van der Waals surface area contributed by atoms with Crippen molar-refractivity contribution in [1.29, 1.82) is 0 Å². The summed E-state index contributed by atoms with van der Waals surface area (Å²) in [5, 5.41) is 3.71. The van der Waals surface area contributed by atoms with Crippen LogP contribution in [0.15, 0.2) is 16.5 Å². The van der Waals surface area contributed by atoms with Crippen LogP contribution in [-0.2, 0) is 6.54 Å². The number of hydrogen-bond donors (Lipinski definition) is 1. The standard InChI is InChI=1S/C15H24INO/c1-15(2,3)12-6-4-5-7-13(12)17-10-11-8-9-14(16)18-11/h8-9,12-13,17H,4-7,10H2,1-3H3. The summed E-state index contributed by atoms with van der Waals surface area (Å²) >= 11 is 2.22. The van der Waals surface area contributed by atoms with Crippen molar-refractivity contribution in [2.75, 3.05) is 0 Å². The van der Waals surface area contributed by atoms with Gasteiger partial charge in [0, 0.05) is 6.04 Å². The second kappa shape index (κ2) is 5.95. The van der Waals surface area contributed by atoms with Gasteiger partial charge < -0.3 is 9.73 Å². The van der Waals surface area contributed by atoms with Crippen LogP contribution in [0.1, 0.15) is 52.2 Å². The van der Waals surface area contributed by atoms with Crippen LogP contribution in [0.5, 0.6) is 0 Å². The van der Waals surface area contributed by atoms with Gasteiger partial charge in [0.15, 0.2) is 3.77 Å². The molecule has 2 unspecified atom stereocenters. The van der Waals surface area contributed by atoms with Crippen LogP contribution in [0.3, 0.4) is 0 Å². The predicted octanol–water partition coefficient (Wildman–Crippen LogP) is 4.58. The molecule has 1 aromatic rings. The lowest BCUT2D eigenvalue weighted by molar-refractivity contribution is 0.128. The van der Waals surface area contributed by atoms with Gasteiger partial charge in [-0.15, -0.1) is 0 Å². The molecule has 2 atom stereocenters. The normalized spacial score (nSPS) is 25.3. The van der Waals surface area contributed by atoms with Gasteiger partial charge in [-0.1, -0.05) is 33.6 Å². The second-order valence-corrected chi connectivity index (χ2v) is 7.51. The van der Waals surface area contributed by atoms with Crippen LogP contribution in [0, 0.1) is 15.1 Å². The van der Waals surface area contributed by atoms with Crippen molar-refractivity contribution in [3.8, 4) is 0 Å². The summed E-state index contributed by atoms with van der Waals surface area (Å²) in [6.07, 6.45) is 5.41. The number of furan rings is 1. The maximum atomic E-state index is 5.62. The van der Waals surface area contributed by atoms with E-state index in [0.717, 1.165) is 22.0 Å². The lowest BCUT2D eigenvalue weighted by atomic mass is 9.69. The van der Waals surface area contributed by atoms with Gasteiger partial charge in [-0.25, -0.2) is 0 Å². The van der Waals surface area contributed by atoms with Crippen LogP contribution in [0.4, 0.5) is 0 Å². The van der Waals surface area contributed by atoms with Crippen molar-refractivity contribution >= 4 is 22.6 Å². The zero-order chi connectivity index (χ0) is 13.2. The van der Waals surface area contributed by atoms with E-state index >= 15 is 0 Å². The predicted molar refractivity (Wildman–Crippen MR) is 83.5 cm³/mol. The van der Waals surface area contributed by atoms with E-state index in [1.165, 1.54) is 25.7 Å². The molecule has 0 bridgehead atoms. The SMILES string of the molecule is CC(C)(C)C1CCCCC1NCc1ccc(I)o1. The Labute approximate surface area is 124 Å². The summed E-state index contributed by atoms with van der Waals surface area (Å²) in [4.78, 5) is 0. The fourth-order valence-electron chi connectivity index (χ4n) is 3.09. The highest BCUT2D eigenvalue weighted by molar-refractivity contribution is 14.1. The second-order valence-electron chi connectivity index (χ2n) is 6.45. The lowest BCUT2D eigenvalue weighted by Gasteiger charge is -2.40. The van der Waals surface area contributed by atoms with Gasteiger partial charge in [0.2, 0.25) is 0 Å². The molecular weight excluding hydrogens is 337 g/mol. The number of nitrogens with one attached hydrogen (secondary N) is 1. The molecule has 18 heavy (non-hydrogen) atoms. The first-order valence-electron chi connectivity index (χ1n) is 6.94. The maximum Gasteiger partial charge on any atom is 0.164 e. The Bertz CT molecular complexity index is 380. The fraction of sp³-hybridized carbons (Fsp3) is 0.733. The quantitative estimate of drug-likeness (QED) is 0.798. The van der Waals surface area contributed by atoms with E-state index in [2.05, 4.69) is 54.7 Å². The molecule has 1 saturated carbocycles. The van der Waals surface area contributed by atoms with Gasteiger partial charge in [-0.3, -0.25) is 0 Å². The third-order valence-electron chi connectivity index (χ3n) is 4.05. The van der Waals surface area contributed by atoms with Crippen molar-refractivity contribution in [3.63, 3.8) is 0 Å². The Morgan fingerprint density at radius 2 is 2.00 bits per heavy atom. The van der Waals surface area contributed by atoms with Crippen molar-refractivity contribution in [1.82, 2.24) is 5.32 Å². The van der Waals surface area contributed by atoms with Crippen LogP contribution < -0.4 is 5.32 Å². The summed E-state index contributed by atoms with van der Waals surface area (Å²) in [6.45, 7) is 7.97. The highest BCUT2D eigenvalue weighted by Gasteiger charge is 2.33. The first-order valence-corrected chi connectivity index (χ1v) is 8.02. The van der Waals surface area contributed by atoms with Crippen molar-refractivity contribution in [2.24, 2.45) is 11.3 Å². The highest BCUT2D eigenvalue weighted by Crippen LogP contribution is 2.38. The lowest BCUT2D eigenvalue weighted by Crippen LogP contribution is -2.43. The molecule has 0 aromatic carbocycles. The average molecular weight is 361 g/mol. The van der Waals surface area contributed by atoms with Crippen LogP contribution >= 0.6 is 22.6 Å². The van der Waals surface area contributed by atoms with Crippen LogP contribution in [0.25, 0.3) is 0 Å². The minimum Gasteiger partial charge on any atom is -0.454 e. The average Bonchev–Trinajstić information content (AvgIpc) is 2.72. The molecule has 1 N–H and O–H groups in total. The summed E-state index contributed by atoms with van der Waals surface area (Å²) < 4.78 is 6.59. The van der Waals surface area contributed by atoms with E-state index in [0.29, 0.717) is 11.5 Å². The molecular formula is C15H24INO. The molecule has 2 nitrogen and oxygen atoms in total. The topological polar surface area (TPSA) is 25.2 Å². The van der Waals surface area contributed by atoms with Crippen molar-refractivity contribution < 1.29 is 4.42 Å². The zero-order valence-electron chi connectivity index (χ0n) is 11.6. The van der Waals surface area contributed by atoms with E-state index < -0.39 is 0 Å². The van der Waals surface area contributed by atoms with E-state index in [1.807, 2.05) is 6.07 Å². The smallest absolute Gasteiger partial charge is 0.164 e. The Morgan fingerprint density at radius 1 is 1.28 bits per heavy atom. The summed E-state index contributed by atoms with van der Waals surface area (Å²) in [6, 6.07) is 4.74. The van der Waals surface area contributed by atoms with E-state index in [9.17, 15) is 0 Å². The Kier molecular flexibility index (Phi) is 4.75. The van der Waals surface area contributed by atoms with Gasteiger partial charge >= 0.3 is 0 Å². The van der Waals surface area contributed by atoms with Crippen molar-refractivity contribution in [2.45, 2.75) is 59.0 Å². The Hall–Kier alpha value is -0.0300. The van der Waals surface area contributed by atoms with E-state index in [1.54, 1.807) is 0 Å². The minimum atomic E-state index is 0.398. The largest absolute Gasteiger partial charge is 0.454 e. The molecule has 3 heteroatoms. The third kappa shape index (κ3) is 3.73. The Balaban J connectivity index is 1.93. The molecule has 0 saturated heterocycles. The molecule has 1 aliphatic rings. The molecule has 102 valence electrons. The highest BCUT2D eigenvalue weighted by atomic mass is 127. The molecule has 1 heterocycles. The van der Waals surface area contributed by atoms with Crippen LogP contribution in [-0.4, -0.2) is 6.04 Å². The molecule has 1 aliphatic carbocycles. The molecule has 0 aliphatic heterocycles. The van der Waals surface area contributed by atoms with E-state index in [4.69, 9.17) is 4.42 Å². The minimum absolute atomic E-state index is 0.398. The van der Waals surface area contributed by atoms with Crippen LogP contribution in [0.2, 0.25) is 0 Å². The van der Waals surface area contributed by atoms with E-state index in [-0.39, 0.29) is 0 Å². The monoisotopic (exact) mass is 361 g/mol. The summed E-state index contributed by atoms with van der Waals surface area (Å²) in [5.41, 5.74) is 0.398. The molecule has 2 rings (SSSR count). The molecule has 0 radical (unpaired) electrons. The van der Waals surface area contributed by atoms with Gasteiger partial charge in [-0.05, 0) is 58.9 Å². The summed E-state index contributed by atoms with van der Waals surface area (Å²) in [5.74, 6) is 1.83. The third-order valence-corrected chi connectivity index (χ3v) is 4.63. The van der Waals surface area contributed by atoms with Gasteiger partial charge in [-0.2, -0.15) is 0 Å². The fourth-order valence-corrected chi connectivity index (χ4v) is 3.55. The number of hydrogen-bond acceptors (Lipinski definition) is 2. The maximum absolute atomic E-state index is 5.62.